The first-order valence-corrected chi connectivity index (χ1v) is 11.3. The lowest BCUT2D eigenvalue weighted by Crippen LogP contribution is -2.33. The summed E-state index contributed by atoms with van der Waals surface area (Å²) in [5.41, 5.74) is 2.11. The Morgan fingerprint density at radius 3 is 2.43 bits per heavy atom. The monoisotopic (exact) mass is 464 g/mol. The first kappa shape index (κ1) is 21.5. The van der Waals surface area contributed by atoms with E-state index in [1.165, 1.54) is 19.3 Å². The van der Waals surface area contributed by atoms with E-state index in [-0.39, 0.29) is 5.91 Å². The zero-order valence-electron chi connectivity index (χ0n) is 16.5. The van der Waals surface area contributed by atoms with E-state index in [9.17, 15) is 4.79 Å². The normalized spacial score (nSPS) is 17.4. The van der Waals surface area contributed by atoms with Gasteiger partial charge in [0.1, 0.15) is 12.4 Å². The number of halogens is 3. The van der Waals surface area contributed by atoms with Gasteiger partial charge in [-0.3, -0.25) is 9.69 Å². The lowest BCUT2D eigenvalue weighted by molar-refractivity contribution is -0.112. The second-order valence-electron chi connectivity index (χ2n) is 7.53. The van der Waals surface area contributed by atoms with Gasteiger partial charge in [-0.2, -0.15) is 0 Å². The molecule has 2 aromatic rings. The number of rotatable bonds is 6. The van der Waals surface area contributed by atoms with E-state index in [4.69, 9.17) is 39.5 Å². The van der Waals surface area contributed by atoms with Gasteiger partial charge < -0.3 is 9.64 Å². The van der Waals surface area contributed by atoms with Crippen molar-refractivity contribution in [2.75, 3.05) is 37.7 Å². The Morgan fingerprint density at radius 1 is 0.900 bits per heavy atom. The molecule has 4 nitrogen and oxygen atoms in total. The van der Waals surface area contributed by atoms with Gasteiger partial charge in [-0.25, -0.2) is 0 Å². The number of carbonyl (C=O) groups excluding carboxylic acids is 1. The maximum Gasteiger partial charge on any atom is 0.258 e. The molecule has 0 bridgehead atoms. The Morgan fingerprint density at radius 2 is 1.67 bits per heavy atom. The van der Waals surface area contributed by atoms with Crippen LogP contribution in [0.5, 0.6) is 5.75 Å². The largest absolute Gasteiger partial charge is 0.491 e. The van der Waals surface area contributed by atoms with Crippen LogP contribution in [0.4, 0.5) is 5.69 Å². The summed E-state index contributed by atoms with van der Waals surface area (Å²) in [4.78, 5) is 17.1. The summed E-state index contributed by atoms with van der Waals surface area (Å²) in [6.07, 6.45) is 5.71. The third-order valence-electron chi connectivity index (χ3n) is 5.52. The van der Waals surface area contributed by atoms with Crippen LogP contribution in [-0.4, -0.2) is 43.6 Å². The minimum Gasteiger partial charge on any atom is -0.491 e. The SMILES string of the molecule is O=C1C(c2ccc(Cl)c(Cl)c2)=CCN1c1ccc(Cl)c(OCCN2CCCCC2)c1. The van der Waals surface area contributed by atoms with Gasteiger partial charge in [0.2, 0.25) is 0 Å². The molecule has 30 heavy (non-hydrogen) atoms. The van der Waals surface area contributed by atoms with Crippen LogP contribution in [0.3, 0.4) is 0 Å². The molecule has 1 fully saturated rings. The number of likely N-dealkylation sites (tertiary alicyclic amines) is 1. The Bertz CT molecular complexity index is 971. The van der Waals surface area contributed by atoms with E-state index in [0.717, 1.165) is 30.9 Å². The van der Waals surface area contributed by atoms with Gasteiger partial charge in [0.25, 0.3) is 5.91 Å². The van der Waals surface area contributed by atoms with E-state index in [2.05, 4.69) is 4.90 Å². The number of hydrogen-bond acceptors (Lipinski definition) is 3. The minimum absolute atomic E-state index is 0.0880. The Labute approximate surface area is 192 Å². The molecule has 0 N–H and O–H groups in total. The predicted octanol–water partition coefficient (Wildman–Crippen LogP) is 5.94. The highest BCUT2D eigenvalue weighted by Crippen LogP contribution is 2.34. The van der Waals surface area contributed by atoms with Crippen molar-refractivity contribution in [2.45, 2.75) is 19.3 Å². The van der Waals surface area contributed by atoms with Crippen LogP contribution in [-0.2, 0) is 4.79 Å². The third kappa shape index (κ3) is 4.78. The quantitative estimate of drug-likeness (QED) is 0.529. The zero-order chi connectivity index (χ0) is 21.1. The molecule has 1 amide bonds. The molecule has 0 radical (unpaired) electrons. The molecule has 2 aliphatic heterocycles. The average Bonchev–Trinajstić information content (AvgIpc) is 3.13. The first-order chi connectivity index (χ1) is 14.5. The fraction of sp³-hybridized carbons (Fsp3) is 0.348. The molecule has 0 unspecified atom stereocenters. The molecule has 4 rings (SSSR count). The van der Waals surface area contributed by atoms with Crippen LogP contribution >= 0.6 is 34.8 Å². The summed E-state index contributed by atoms with van der Waals surface area (Å²) >= 11 is 18.4. The molecule has 0 spiro atoms. The Kier molecular flexibility index (Phi) is 6.89. The van der Waals surface area contributed by atoms with E-state index in [1.54, 1.807) is 29.2 Å². The van der Waals surface area contributed by atoms with Crippen molar-refractivity contribution >= 4 is 52.0 Å². The van der Waals surface area contributed by atoms with Crippen LogP contribution in [0.2, 0.25) is 15.1 Å². The fourth-order valence-electron chi connectivity index (χ4n) is 3.86. The Hall–Kier alpha value is -1.72. The van der Waals surface area contributed by atoms with Crippen molar-refractivity contribution in [3.8, 4) is 5.75 Å². The summed E-state index contributed by atoms with van der Waals surface area (Å²) in [5, 5.41) is 1.44. The molecular formula is C23H23Cl3N2O2. The number of anilines is 1. The molecule has 0 saturated carbocycles. The lowest BCUT2D eigenvalue weighted by atomic mass is 10.1. The van der Waals surface area contributed by atoms with Gasteiger partial charge in [-0.05, 0) is 55.8 Å². The van der Waals surface area contributed by atoms with Crippen molar-refractivity contribution in [3.63, 3.8) is 0 Å². The average molecular weight is 466 g/mol. The summed E-state index contributed by atoms with van der Waals surface area (Å²) in [7, 11) is 0. The van der Waals surface area contributed by atoms with Crippen molar-refractivity contribution in [1.29, 1.82) is 0 Å². The van der Waals surface area contributed by atoms with Crippen LogP contribution < -0.4 is 9.64 Å². The number of amides is 1. The van der Waals surface area contributed by atoms with Crippen molar-refractivity contribution in [1.82, 2.24) is 4.90 Å². The summed E-state index contributed by atoms with van der Waals surface area (Å²) in [6.45, 7) is 4.19. The molecule has 0 aliphatic carbocycles. The standard InChI is InChI=1S/C23H23Cl3N2O2/c24-19-6-4-16(14-21(19)26)18-8-11-28(23(18)29)17-5-7-20(25)22(15-17)30-13-12-27-9-2-1-3-10-27/h4-8,14-15H,1-3,9-13H2. The fourth-order valence-corrected chi connectivity index (χ4v) is 4.33. The molecular weight excluding hydrogens is 443 g/mol. The second kappa shape index (κ2) is 9.61. The molecule has 2 aliphatic rings. The van der Waals surface area contributed by atoms with Crippen LogP contribution in [0.25, 0.3) is 5.57 Å². The van der Waals surface area contributed by atoms with Gasteiger partial charge in [-0.15, -0.1) is 0 Å². The lowest BCUT2D eigenvalue weighted by Gasteiger charge is -2.26. The number of ether oxygens (including phenoxy) is 1. The van der Waals surface area contributed by atoms with Gasteiger partial charge in [0, 0.05) is 30.4 Å². The van der Waals surface area contributed by atoms with E-state index >= 15 is 0 Å². The molecule has 0 aromatic heterocycles. The van der Waals surface area contributed by atoms with Gasteiger partial charge >= 0.3 is 0 Å². The smallest absolute Gasteiger partial charge is 0.258 e. The third-order valence-corrected chi connectivity index (χ3v) is 6.58. The van der Waals surface area contributed by atoms with E-state index in [1.807, 2.05) is 18.2 Å². The molecule has 158 valence electrons. The number of hydrogen-bond donors (Lipinski definition) is 0. The summed E-state index contributed by atoms with van der Waals surface area (Å²) < 4.78 is 5.95. The van der Waals surface area contributed by atoms with Crippen molar-refractivity contribution in [2.24, 2.45) is 0 Å². The first-order valence-electron chi connectivity index (χ1n) is 10.1. The number of nitrogens with zero attached hydrogens (tertiary/aromatic N) is 2. The van der Waals surface area contributed by atoms with Gasteiger partial charge in [-0.1, -0.05) is 53.4 Å². The molecule has 2 aromatic carbocycles. The predicted molar refractivity (Wildman–Crippen MR) is 124 cm³/mol. The highest BCUT2D eigenvalue weighted by Gasteiger charge is 2.27. The molecule has 1 saturated heterocycles. The topological polar surface area (TPSA) is 32.8 Å². The van der Waals surface area contributed by atoms with Crippen molar-refractivity contribution in [3.05, 3.63) is 63.1 Å². The van der Waals surface area contributed by atoms with Crippen molar-refractivity contribution < 1.29 is 9.53 Å². The maximum absolute atomic E-state index is 13.0. The number of carbonyl (C=O) groups is 1. The van der Waals surface area contributed by atoms with Gasteiger partial charge in [0.15, 0.2) is 0 Å². The van der Waals surface area contributed by atoms with Crippen LogP contribution in [0.15, 0.2) is 42.5 Å². The highest BCUT2D eigenvalue weighted by molar-refractivity contribution is 6.42. The molecule has 7 heteroatoms. The van der Waals surface area contributed by atoms with Crippen LogP contribution in [0.1, 0.15) is 24.8 Å². The molecule has 2 heterocycles. The highest BCUT2D eigenvalue weighted by atomic mass is 35.5. The van der Waals surface area contributed by atoms with E-state index < -0.39 is 0 Å². The van der Waals surface area contributed by atoms with Gasteiger partial charge in [0.05, 0.1) is 15.1 Å². The second-order valence-corrected chi connectivity index (χ2v) is 8.75. The van der Waals surface area contributed by atoms with Crippen LogP contribution in [0, 0.1) is 0 Å². The zero-order valence-corrected chi connectivity index (χ0v) is 18.8. The summed E-state index contributed by atoms with van der Waals surface area (Å²) in [5.74, 6) is 0.511. The number of piperidine rings is 1. The Balaban J connectivity index is 1.43. The molecule has 0 atom stereocenters. The maximum atomic E-state index is 13.0. The number of benzene rings is 2. The summed E-state index contributed by atoms with van der Waals surface area (Å²) in [6, 6.07) is 10.7. The van der Waals surface area contributed by atoms with E-state index in [0.29, 0.717) is 39.5 Å². The minimum atomic E-state index is -0.0880.